The monoisotopic (exact) mass is 496 g/mol. The Morgan fingerprint density at radius 2 is 1.64 bits per heavy atom. The number of alkyl halides is 3. The van der Waals surface area contributed by atoms with Gasteiger partial charge in [0.25, 0.3) is 5.91 Å². The number of rotatable bonds is 7. The number of thioether (sulfide) groups is 1. The highest BCUT2D eigenvalue weighted by molar-refractivity contribution is 7.99. The minimum absolute atomic E-state index is 0.0638. The first-order valence-electron chi connectivity index (χ1n) is 9.52. The minimum atomic E-state index is -4.79. The Morgan fingerprint density at radius 3 is 2.30 bits per heavy atom. The van der Waals surface area contributed by atoms with Gasteiger partial charge < -0.3 is 10.6 Å². The Labute approximate surface area is 196 Å². The molecular weight excluding hydrogens is 480 g/mol. The summed E-state index contributed by atoms with van der Waals surface area (Å²) in [7, 11) is 0. The molecule has 0 atom stereocenters. The summed E-state index contributed by atoms with van der Waals surface area (Å²) in [5.41, 5.74) is -1.15. The Hall–Kier alpha value is -3.04. The van der Waals surface area contributed by atoms with E-state index in [0.29, 0.717) is 16.8 Å². The predicted octanol–water partition coefficient (Wildman–Crippen LogP) is 6.62. The zero-order valence-electron chi connectivity index (χ0n) is 16.9. The second-order valence-electron chi connectivity index (χ2n) is 6.86. The van der Waals surface area contributed by atoms with Crippen LogP contribution in [0.5, 0.6) is 0 Å². The lowest BCUT2D eigenvalue weighted by Gasteiger charge is -2.16. The summed E-state index contributed by atoms with van der Waals surface area (Å²) in [5, 5.41) is 5.08. The van der Waals surface area contributed by atoms with E-state index in [1.54, 1.807) is 24.3 Å². The molecule has 3 rings (SSSR count). The van der Waals surface area contributed by atoms with E-state index >= 15 is 0 Å². The molecule has 0 aliphatic carbocycles. The third-order valence-corrected chi connectivity index (χ3v) is 5.65. The molecular formula is C23H17ClF4N2O2S. The van der Waals surface area contributed by atoms with Crippen LogP contribution in [0.1, 0.15) is 21.5 Å². The van der Waals surface area contributed by atoms with E-state index in [1.807, 2.05) is 0 Å². The highest BCUT2D eigenvalue weighted by Crippen LogP contribution is 2.37. The van der Waals surface area contributed by atoms with Crippen LogP contribution >= 0.6 is 23.4 Å². The van der Waals surface area contributed by atoms with Crippen LogP contribution in [0.3, 0.4) is 0 Å². The summed E-state index contributed by atoms with van der Waals surface area (Å²) < 4.78 is 54.5. The molecule has 0 saturated heterocycles. The van der Waals surface area contributed by atoms with Gasteiger partial charge in [0, 0.05) is 16.5 Å². The smallest absolute Gasteiger partial charge is 0.325 e. The van der Waals surface area contributed by atoms with E-state index < -0.39 is 35.1 Å². The van der Waals surface area contributed by atoms with E-state index in [-0.39, 0.29) is 17.0 Å². The minimum Gasteiger partial charge on any atom is -0.325 e. The number of carbonyl (C=O) groups excluding carboxylic acids is 2. The van der Waals surface area contributed by atoms with Gasteiger partial charge in [-0.3, -0.25) is 9.59 Å². The van der Waals surface area contributed by atoms with Crippen molar-refractivity contribution < 1.29 is 27.2 Å². The largest absolute Gasteiger partial charge is 0.418 e. The van der Waals surface area contributed by atoms with Gasteiger partial charge in [0.05, 0.1) is 22.6 Å². The van der Waals surface area contributed by atoms with Gasteiger partial charge in [0.15, 0.2) is 0 Å². The Morgan fingerprint density at radius 1 is 0.939 bits per heavy atom. The highest BCUT2D eigenvalue weighted by Gasteiger charge is 2.34. The molecule has 0 fully saturated rings. The van der Waals surface area contributed by atoms with Gasteiger partial charge >= 0.3 is 6.18 Å². The third-order valence-electron chi connectivity index (χ3n) is 4.39. The number of hydrogen-bond donors (Lipinski definition) is 2. The summed E-state index contributed by atoms with van der Waals surface area (Å²) in [6.07, 6.45) is -4.79. The van der Waals surface area contributed by atoms with Crippen LogP contribution in [0.2, 0.25) is 5.02 Å². The Bertz CT molecular complexity index is 1150. The van der Waals surface area contributed by atoms with Crippen molar-refractivity contribution in [2.75, 3.05) is 16.4 Å². The number of carbonyl (C=O) groups is 2. The zero-order valence-corrected chi connectivity index (χ0v) is 18.5. The van der Waals surface area contributed by atoms with Crippen LogP contribution < -0.4 is 10.6 Å². The molecule has 4 nitrogen and oxygen atoms in total. The van der Waals surface area contributed by atoms with Crippen LogP contribution in [0.4, 0.5) is 28.9 Å². The molecule has 0 aliphatic heterocycles. The number of amides is 2. The van der Waals surface area contributed by atoms with Crippen LogP contribution in [-0.2, 0) is 16.7 Å². The normalized spacial score (nSPS) is 11.2. The van der Waals surface area contributed by atoms with Crippen molar-refractivity contribution in [3.05, 3.63) is 94.3 Å². The van der Waals surface area contributed by atoms with Gasteiger partial charge in [-0.1, -0.05) is 35.9 Å². The van der Waals surface area contributed by atoms with Crippen LogP contribution in [-0.4, -0.2) is 17.6 Å². The fourth-order valence-corrected chi connectivity index (χ4v) is 3.75. The molecule has 33 heavy (non-hydrogen) atoms. The first-order chi connectivity index (χ1) is 15.6. The van der Waals surface area contributed by atoms with Crippen LogP contribution in [0, 0.1) is 5.82 Å². The van der Waals surface area contributed by atoms with Crippen molar-refractivity contribution in [1.82, 2.24) is 0 Å². The summed E-state index contributed by atoms with van der Waals surface area (Å²) >= 11 is 7.05. The van der Waals surface area contributed by atoms with Gasteiger partial charge in [-0.05, 0) is 48.0 Å². The Kier molecular flexibility index (Phi) is 7.99. The van der Waals surface area contributed by atoms with Crippen LogP contribution in [0.15, 0.2) is 66.7 Å². The van der Waals surface area contributed by atoms with E-state index in [2.05, 4.69) is 10.6 Å². The molecule has 172 valence electrons. The van der Waals surface area contributed by atoms with E-state index in [9.17, 15) is 27.2 Å². The topological polar surface area (TPSA) is 58.2 Å². The number of nitrogens with one attached hydrogen (secondary N) is 2. The molecule has 0 heterocycles. The maximum absolute atomic E-state index is 13.8. The second kappa shape index (κ2) is 10.7. The van der Waals surface area contributed by atoms with Crippen molar-refractivity contribution in [2.24, 2.45) is 0 Å². The van der Waals surface area contributed by atoms with Gasteiger partial charge in [-0.15, -0.1) is 11.8 Å². The Balaban J connectivity index is 1.67. The van der Waals surface area contributed by atoms with Crippen LogP contribution in [0.25, 0.3) is 0 Å². The number of anilines is 2. The second-order valence-corrected chi connectivity index (χ2v) is 8.28. The number of hydrogen-bond acceptors (Lipinski definition) is 3. The van der Waals surface area contributed by atoms with E-state index in [1.165, 1.54) is 36.0 Å². The summed E-state index contributed by atoms with van der Waals surface area (Å²) in [6.45, 7) is 0. The molecule has 0 radical (unpaired) electrons. The fourth-order valence-electron chi connectivity index (χ4n) is 2.84. The highest BCUT2D eigenvalue weighted by atomic mass is 35.5. The average molecular weight is 497 g/mol. The average Bonchev–Trinajstić information content (AvgIpc) is 2.75. The lowest BCUT2D eigenvalue weighted by Crippen LogP contribution is -2.19. The van der Waals surface area contributed by atoms with Crippen molar-refractivity contribution >= 4 is 46.6 Å². The van der Waals surface area contributed by atoms with Crippen molar-refractivity contribution in [3.63, 3.8) is 0 Å². The fraction of sp³-hybridized carbons (Fsp3) is 0.130. The molecule has 0 unspecified atom stereocenters. The van der Waals surface area contributed by atoms with E-state index in [4.69, 9.17) is 11.6 Å². The molecule has 0 spiro atoms. The quantitative estimate of drug-likeness (QED) is 0.361. The van der Waals surface area contributed by atoms with E-state index in [0.717, 1.165) is 17.7 Å². The van der Waals surface area contributed by atoms with Gasteiger partial charge in [0.2, 0.25) is 5.91 Å². The molecule has 3 aromatic rings. The molecule has 0 saturated carbocycles. The summed E-state index contributed by atoms with van der Waals surface area (Å²) in [5.74, 6) is -1.88. The van der Waals surface area contributed by atoms with Gasteiger partial charge in [-0.2, -0.15) is 13.2 Å². The molecule has 2 N–H and O–H groups in total. The number of halogens is 5. The first-order valence-corrected chi connectivity index (χ1v) is 11.1. The SMILES string of the molecule is O=C(CSCc1ccc(Cl)cc1)Nc1ccc(NC(=O)c2ccccc2F)cc1C(F)(F)F. The van der Waals surface area contributed by atoms with Crippen molar-refractivity contribution in [2.45, 2.75) is 11.9 Å². The molecule has 0 bridgehead atoms. The number of benzene rings is 3. The lowest BCUT2D eigenvalue weighted by atomic mass is 10.1. The molecule has 2 amide bonds. The molecule has 3 aromatic carbocycles. The van der Waals surface area contributed by atoms with Crippen molar-refractivity contribution in [3.8, 4) is 0 Å². The predicted molar refractivity (Wildman–Crippen MR) is 122 cm³/mol. The maximum atomic E-state index is 13.8. The van der Waals surface area contributed by atoms with Gasteiger partial charge in [-0.25, -0.2) is 4.39 Å². The summed E-state index contributed by atoms with van der Waals surface area (Å²) in [4.78, 5) is 24.4. The van der Waals surface area contributed by atoms with Gasteiger partial charge in [0.1, 0.15) is 5.82 Å². The lowest BCUT2D eigenvalue weighted by molar-refractivity contribution is -0.136. The molecule has 0 aliphatic rings. The first kappa shape index (κ1) is 24.6. The molecule has 10 heteroatoms. The third kappa shape index (κ3) is 6.97. The van der Waals surface area contributed by atoms with Crippen molar-refractivity contribution in [1.29, 1.82) is 0 Å². The standard InChI is InChI=1S/C23H17ClF4N2O2S/c24-15-7-5-14(6-8-15)12-33-13-21(31)30-20-10-9-16(11-18(20)23(26,27)28)29-22(32)17-3-1-2-4-19(17)25/h1-11H,12-13H2,(H,29,32)(H,30,31). The maximum Gasteiger partial charge on any atom is 0.418 e. The summed E-state index contributed by atoms with van der Waals surface area (Å²) in [6, 6.07) is 15.0. The zero-order chi connectivity index (χ0) is 24.0. The molecule has 0 aromatic heterocycles.